The van der Waals surface area contributed by atoms with Gasteiger partial charge < -0.3 is 0 Å². The van der Waals surface area contributed by atoms with E-state index in [9.17, 15) is 9.59 Å². The molecule has 1 heterocycles. The van der Waals surface area contributed by atoms with Crippen molar-refractivity contribution in [3.63, 3.8) is 0 Å². The summed E-state index contributed by atoms with van der Waals surface area (Å²) in [5.74, 6) is 0. The number of nitrogens with zero attached hydrogens (tertiary/aromatic N) is 1. The minimum Gasteiger partial charge on any atom is -0.299 e. The first kappa shape index (κ1) is 8.33. The van der Waals surface area contributed by atoms with Gasteiger partial charge in [0.2, 0.25) is 0 Å². The predicted octanol–water partition coefficient (Wildman–Crippen LogP) is 1.11. The summed E-state index contributed by atoms with van der Waals surface area (Å²) in [7, 11) is 0. The van der Waals surface area contributed by atoms with Crippen LogP contribution in [0.25, 0.3) is 6.08 Å². The van der Waals surface area contributed by atoms with Crippen LogP contribution in [0.3, 0.4) is 0 Å². The topological polar surface area (TPSA) is 47.0 Å². The fourth-order valence-electron chi connectivity index (χ4n) is 0.768. The number of rotatable bonds is 3. The van der Waals surface area contributed by atoms with Crippen molar-refractivity contribution in [2.75, 3.05) is 0 Å². The van der Waals surface area contributed by atoms with E-state index in [2.05, 4.69) is 4.98 Å². The smallest absolute Gasteiger partial charge is 0.150 e. The number of hydrogen-bond donors (Lipinski definition) is 0. The number of carbonyl (C=O) groups is 2. The highest BCUT2D eigenvalue weighted by Crippen LogP contribution is 2.00. The molecule has 0 aliphatic carbocycles. The summed E-state index contributed by atoms with van der Waals surface area (Å²) in [6.45, 7) is 0. The number of pyridine rings is 1. The largest absolute Gasteiger partial charge is 0.299 e. The molecule has 3 heteroatoms. The van der Waals surface area contributed by atoms with Crippen LogP contribution in [-0.2, 0) is 4.79 Å². The highest BCUT2D eigenvalue weighted by Gasteiger charge is 1.90. The maximum Gasteiger partial charge on any atom is 0.150 e. The van der Waals surface area contributed by atoms with Gasteiger partial charge in [0, 0.05) is 11.8 Å². The van der Waals surface area contributed by atoms with E-state index in [-0.39, 0.29) is 0 Å². The van der Waals surface area contributed by atoms with Gasteiger partial charge >= 0.3 is 0 Å². The van der Waals surface area contributed by atoms with Gasteiger partial charge in [-0.2, -0.15) is 0 Å². The van der Waals surface area contributed by atoms with E-state index in [0.29, 0.717) is 17.5 Å². The van der Waals surface area contributed by atoms with Gasteiger partial charge in [0.15, 0.2) is 0 Å². The predicted molar refractivity (Wildman–Crippen MR) is 44.7 cm³/mol. The number of hydrogen-bond acceptors (Lipinski definition) is 3. The third-order valence-electron chi connectivity index (χ3n) is 1.29. The van der Waals surface area contributed by atoms with Crippen molar-refractivity contribution in [1.29, 1.82) is 0 Å². The Morgan fingerprint density at radius 1 is 1.33 bits per heavy atom. The lowest BCUT2D eigenvalue weighted by Gasteiger charge is -1.91. The van der Waals surface area contributed by atoms with E-state index in [1.807, 2.05) is 0 Å². The van der Waals surface area contributed by atoms with Gasteiger partial charge in [-0.15, -0.1) is 0 Å². The van der Waals surface area contributed by atoms with Crippen LogP contribution in [0, 0.1) is 0 Å². The Bertz CT molecular complexity index is 318. The maximum atomic E-state index is 10.3. The molecule has 60 valence electrons. The normalized spacial score (nSPS) is 10.0. The number of aromatic nitrogens is 1. The fraction of sp³-hybridized carbons (Fsp3) is 0. The van der Waals surface area contributed by atoms with Crippen LogP contribution in [0.1, 0.15) is 16.1 Å². The second-order valence-corrected chi connectivity index (χ2v) is 2.13. The summed E-state index contributed by atoms with van der Waals surface area (Å²) in [5, 5.41) is 0. The molecule has 0 saturated heterocycles. The summed E-state index contributed by atoms with van der Waals surface area (Å²) in [6, 6.07) is 3.21. The lowest BCUT2D eigenvalue weighted by molar-refractivity contribution is -0.104. The maximum absolute atomic E-state index is 10.3. The van der Waals surface area contributed by atoms with E-state index in [1.165, 1.54) is 12.3 Å². The molecule has 3 nitrogen and oxygen atoms in total. The van der Waals surface area contributed by atoms with Gasteiger partial charge in [-0.05, 0) is 24.3 Å². The van der Waals surface area contributed by atoms with Crippen molar-refractivity contribution >= 4 is 18.6 Å². The summed E-state index contributed by atoms with van der Waals surface area (Å²) >= 11 is 0. The van der Waals surface area contributed by atoms with E-state index in [4.69, 9.17) is 0 Å². The molecule has 0 bridgehead atoms. The highest BCUT2D eigenvalue weighted by atomic mass is 16.1. The lowest BCUT2D eigenvalue weighted by Crippen LogP contribution is -1.84. The average molecular weight is 161 g/mol. The highest BCUT2D eigenvalue weighted by molar-refractivity contribution is 5.77. The summed E-state index contributed by atoms with van der Waals surface area (Å²) < 4.78 is 0. The van der Waals surface area contributed by atoms with Crippen LogP contribution in [0.4, 0.5) is 0 Å². The molecule has 0 fully saturated rings. The van der Waals surface area contributed by atoms with Crippen molar-refractivity contribution in [3.05, 3.63) is 35.7 Å². The van der Waals surface area contributed by atoms with Gasteiger partial charge in [-0.25, -0.2) is 0 Å². The van der Waals surface area contributed by atoms with E-state index in [1.54, 1.807) is 18.2 Å². The number of carbonyl (C=O) groups excluding carboxylic acids is 2. The minimum atomic E-state index is 0.551. The first-order chi connectivity index (χ1) is 5.86. The molecule has 0 atom stereocenters. The summed E-state index contributed by atoms with van der Waals surface area (Å²) in [5.41, 5.74) is 1.15. The quantitative estimate of drug-likeness (QED) is 0.492. The Morgan fingerprint density at radius 3 is 2.83 bits per heavy atom. The third kappa shape index (κ3) is 2.12. The Balaban J connectivity index is 2.93. The van der Waals surface area contributed by atoms with Crippen molar-refractivity contribution in [2.24, 2.45) is 0 Å². The second kappa shape index (κ2) is 4.18. The Labute approximate surface area is 69.7 Å². The molecule has 1 rings (SSSR count). The van der Waals surface area contributed by atoms with Crippen molar-refractivity contribution in [3.8, 4) is 0 Å². The fourth-order valence-corrected chi connectivity index (χ4v) is 0.768. The third-order valence-corrected chi connectivity index (χ3v) is 1.29. The van der Waals surface area contributed by atoms with Gasteiger partial charge in [-0.1, -0.05) is 0 Å². The summed E-state index contributed by atoms with van der Waals surface area (Å²) in [6.07, 6.45) is 5.79. The molecule has 1 aromatic rings. The molecular weight excluding hydrogens is 154 g/mol. The van der Waals surface area contributed by atoms with Gasteiger partial charge in [-0.3, -0.25) is 14.6 Å². The molecular formula is C9H7NO2. The van der Waals surface area contributed by atoms with Crippen LogP contribution >= 0.6 is 0 Å². The monoisotopic (exact) mass is 161 g/mol. The molecule has 1 aromatic heterocycles. The van der Waals surface area contributed by atoms with Crippen LogP contribution in [0.2, 0.25) is 0 Å². The average Bonchev–Trinajstić information content (AvgIpc) is 2.15. The second-order valence-electron chi connectivity index (χ2n) is 2.13. The molecule has 0 saturated carbocycles. The standard InChI is InChI=1S/C9H7NO2/c11-5-1-2-9-6-8(7-12)3-4-10-9/h1-7H. The van der Waals surface area contributed by atoms with Crippen molar-refractivity contribution < 1.29 is 9.59 Å². The molecule has 0 spiro atoms. The van der Waals surface area contributed by atoms with Crippen LogP contribution in [0.5, 0.6) is 0 Å². The Hall–Kier alpha value is -1.77. The molecule has 12 heavy (non-hydrogen) atoms. The Kier molecular flexibility index (Phi) is 2.90. The number of aldehydes is 2. The zero-order chi connectivity index (χ0) is 8.81. The zero-order valence-corrected chi connectivity index (χ0v) is 6.31. The van der Waals surface area contributed by atoms with Crippen LogP contribution in [-0.4, -0.2) is 17.6 Å². The molecule has 0 unspecified atom stereocenters. The number of allylic oxidation sites excluding steroid dienone is 1. The molecule has 0 amide bonds. The lowest BCUT2D eigenvalue weighted by atomic mass is 10.2. The van der Waals surface area contributed by atoms with Gasteiger partial charge in [0.25, 0.3) is 0 Å². The van der Waals surface area contributed by atoms with E-state index < -0.39 is 0 Å². The van der Waals surface area contributed by atoms with Crippen molar-refractivity contribution in [1.82, 2.24) is 4.98 Å². The molecule has 0 aliphatic heterocycles. The van der Waals surface area contributed by atoms with Crippen LogP contribution < -0.4 is 0 Å². The summed E-state index contributed by atoms with van der Waals surface area (Å²) in [4.78, 5) is 24.2. The Morgan fingerprint density at radius 2 is 2.17 bits per heavy atom. The van der Waals surface area contributed by atoms with Crippen molar-refractivity contribution in [2.45, 2.75) is 0 Å². The molecule has 0 aliphatic rings. The first-order valence-corrected chi connectivity index (χ1v) is 3.40. The zero-order valence-electron chi connectivity index (χ0n) is 6.31. The van der Waals surface area contributed by atoms with Crippen LogP contribution in [0.15, 0.2) is 24.4 Å². The molecule has 0 radical (unpaired) electrons. The molecule has 0 N–H and O–H groups in total. The van der Waals surface area contributed by atoms with E-state index >= 15 is 0 Å². The van der Waals surface area contributed by atoms with Gasteiger partial charge in [0.05, 0.1) is 5.69 Å². The minimum absolute atomic E-state index is 0.551. The van der Waals surface area contributed by atoms with E-state index in [0.717, 1.165) is 6.29 Å². The first-order valence-electron chi connectivity index (χ1n) is 3.40. The molecule has 0 aromatic carbocycles. The van der Waals surface area contributed by atoms with Gasteiger partial charge in [0.1, 0.15) is 12.6 Å². The SMILES string of the molecule is O=CC=Cc1cc(C=O)ccn1.